The van der Waals surface area contributed by atoms with E-state index in [1.54, 1.807) is 30.3 Å². The van der Waals surface area contributed by atoms with E-state index in [1.165, 1.54) is 6.07 Å². The molecule has 1 heterocycles. The standard InChI is InChI=1S/C15H14ClN3O3S/c1-2-12(10-5-3-6-11(16)9-10)19-23(20,21)14-8-4-7-13-15(14)18-22-17-13/h3-9,12,19H,2H2,1H3/t12-/m1/s1. The maximum Gasteiger partial charge on any atom is 0.243 e. The van der Waals surface area contributed by atoms with Crippen molar-refractivity contribution in [1.29, 1.82) is 0 Å². The lowest BCUT2D eigenvalue weighted by Crippen LogP contribution is -2.28. The number of nitrogens with zero attached hydrogens (tertiary/aromatic N) is 2. The van der Waals surface area contributed by atoms with Crippen LogP contribution in [0.25, 0.3) is 11.0 Å². The van der Waals surface area contributed by atoms with E-state index in [9.17, 15) is 8.42 Å². The summed E-state index contributed by atoms with van der Waals surface area (Å²) in [5, 5.41) is 7.90. The molecular formula is C15H14ClN3O3S. The molecule has 0 spiro atoms. The number of hydrogen-bond acceptors (Lipinski definition) is 5. The Morgan fingerprint density at radius 3 is 2.74 bits per heavy atom. The highest BCUT2D eigenvalue weighted by molar-refractivity contribution is 7.89. The summed E-state index contributed by atoms with van der Waals surface area (Å²) in [5.74, 6) is 0. The van der Waals surface area contributed by atoms with Crippen LogP contribution in [-0.2, 0) is 10.0 Å². The van der Waals surface area contributed by atoms with Crippen LogP contribution < -0.4 is 4.72 Å². The van der Waals surface area contributed by atoms with E-state index in [1.807, 2.05) is 13.0 Å². The first kappa shape index (κ1) is 15.9. The maximum atomic E-state index is 12.7. The zero-order valence-corrected chi connectivity index (χ0v) is 13.8. The van der Waals surface area contributed by atoms with Gasteiger partial charge in [0.25, 0.3) is 0 Å². The quantitative estimate of drug-likeness (QED) is 0.762. The Morgan fingerprint density at radius 1 is 1.22 bits per heavy atom. The second-order valence-electron chi connectivity index (χ2n) is 5.03. The van der Waals surface area contributed by atoms with E-state index in [2.05, 4.69) is 19.7 Å². The number of nitrogens with one attached hydrogen (secondary N) is 1. The van der Waals surface area contributed by atoms with Gasteiger partial charge >= 0.3 is 0 Å². The van der Waals surface area contributed by atoms with Gasteiger partial charge in [0.05, 0.1) is 0 Å². The van der Waals surface area contributed by atoms with Crippen LogP contribution in [0.15, 0.2) is 52.0 Å². The highest BCUT2D eigenvalue weighted by atomic mass is 35.5. The smallest absolute Gasteiger partial charge is 0.243 e. The predicted octanol–water partition coefficient (Wildman–Crippen LogP) is 3.31. The van der Waals surface area contributed by atoms with Gasteiger partial charge in [0.1, 0.15) is 10.4 Å². The van der Waals surface area contributed by atoms with Gasteiger partial charge in [-0.3, -0.25) is 0 Å². The van der Waals surface area contributed by atoms with Crippen molar-refractivity contribution in [2.45, 2.75) is 24.3 Å². The first-order chi connectivity index (χ1) is 11.0. The summed E-state index contributed by atoms with van der Waals surface area (Å²) in [5.41, 5.74) is 1.40. The Hall–Kier alpha value is -1.96. The molecule has 0 aliphatic carbocycles. The van der Waals surface area contributed by atoms with Gasteiger partial charge in [-0.2, -0.15) is 0 Å². The number of aromatic nitrogens is 2. The summed E-state index contributed by atoms with van der Waals surface area (Å²) in [7, 11) is -3.78. The molecule has 0 amide bonds. The van der Waals surface area contributed by atoms with Crippen LogP contribution in [0, 0.1) is 0 Å². The minimum Gasteiger partial charge on any atom is -0.243 e. The maximum absolute atomic E-state index is 12.7. The lowest BCUT2D eigenvalue weighted by atomic mass is 10.1. The number of hydrogen-bond donors (Lipinski definition) is 1. The number of benzene rings is 2. The average molecular weight is 352 g/mol. The number of sulfonamides is 1. The van der Waals surface area contributed by atoms with Gasteiger partial charge in [0, 0.05) is 11.1 Å². The van der Waals surface area contributed by atoms with Gasteiger partial charge in [-0.15, -0.1) is 0 Å². The molecule has 0 saturated heterocycles. The third-order valence-electron chi connectivity index (χ3n) is 3.50. The fourth-order valence-electron chi connectivity index (χ4n) is 2.36. The van der Waals surface area contributed by atoms with Crippen LogP contribution in [0.4, 0.5) is 0 Å². The van der Waals surface area contributed by atoms with Crippen molar-refractivity contribution in [3.8, 4) is 0 Å². The molecular weight excluding hydrogens is 338 g/mol. The molecule has 23 heavy (non-hydrogen) atoms. The zero-order chi connectivity index (χ0) is 16.4. The molecule has 0 aliphatic rings. The van der Waals surface area contributed by atoms with Gasteiger partial charge in [0.2, 0.25) is 10.0 Å². The number of halogens is 1. The van der Waals surface area contributed by atoms with E-state index < -0.39 is 16.1 Å². The highest BCUT2D eigenvalue weighted by Crippen LogP contribution is 2.25. The SMILES string of the molecule is CC[C@@H](NS(=O)(=O)c1cccc2nonc12)c1cccc(Cl)c1. The van der Waals surface area contributed by atoms with Crippen molar-refractivity contribution in [2.75, 3.05) is 0 Å². The normalized spacial score (nSPS) is 13.3. The van der Waals surface area contributed by atoms with E-state index in [0.29, 0.717) is 17.0 Å². The van der Waals surface area contributed by atoms with Crippen LogP contribution in [0.5, 0.6) is 0 Å². The third-order valence-corrected chi connectivity index (χ3v) is 5.23. The lowest BCUT2D eigenvalue weighted by molar-refractivity contribution is 0.315. The summed E-state index contributed by atoms with van der Waals surface area (Å²) in [4.78, 5) is 0.0386. The van der Waals surface area contributed by atoms with Crippen molar-refractivity contribution in [2.24, 2.45) is 0 Å². The largest absolute Gasteiger partial charge is 0.243 e. The van der Waals surface area contributed by atoms with Crippen molar-refractivity contribution in [1.82, 2.24) is 15.0 Å². The Kier molecular flexibility index (Phi) is 4.34. The molecule has 0 radical (unpaired) electrons. The molecule has 120 valence electrons. The molecule has 0 bridgehead atoms. The average Bonchev–Trinajstić information content (AvgIpc) is 3.01. The molecule has 0 unspecified atom stereocenters. The van der Waals surface area contributed by atoms with Gasteiger partial charge in [0.15, 0.2) is 5.52 Å². The van der Waals surface area contributed by atoms with Crippen LogP contribution in [0.3, 0.4) is 0 Å². The van der Waals surface area contributed by atoms with Crippen LogP contribution in [-0.4, -0.2) is 18.7 Å². The first-order valence-corrected chi connectivity index (χ1v) is 8.86. The Balaban J connectivity index is 1.98. The zero-order valence-electron chi connectivity index (χ0n) is 12.2. The van der Waals surface area contributed by atoms with E-state index in [4.69, 9.17) is 11.6 Å². The molecule has 1 aromatic heterocycles. The number of rotatable bonds is 5. The predicted molar refractivity (Wildman–Crippen MR) is 86.6 cm³/mol. The molecule has 0 saturated carbocycles. The number of fused-ring (bicyclic) bond motifs is 1. The molecule has 2 aromatic carbocycles. The second-order valence-corrected chi connectivity index (χ2v) is 7.14. The second kappa shape index (κ2) is 6.27. The molecule has 8 heteroatoms. The minimum atomic E-state index is -3.78. The highest BCUT2D eigenvalue weighted by Gasteiger charge is 2.24. The molecule has 6 nitrogen and oxygen atoms in total. The van der Waals surface area contributed by atoms with Gasteiger partial charge in [-0.1, -0.05) is 36.7 Å². The monoisotopic (exact) mass is 351 g/mol. The van der Waals surface area contributed by atoms with Gasteiger partial charge in [-0.25, -0.2) is 17.8 Å². The minimum absolute atomic E-state index is 0.0386. The first-order valence-electron chi connectivity index (χ1n) is 7.00. The third kappa shape index (κ3) is 3.21. The fourth-order valence-corrected chi connectivity index (χ4v) is 4.02. The Morgan fingerprint density at radius 2 is 2.00 bits per heavy atom. The van der Waals surface area contributed by atoms with E-state index in [0.717, 1.165) is 5.56 Å². The molecule has 3 rings (SSSR count). The van der Waals surface area contributed by atoms with Crippen molar-refractivity contribution >= 4 is 32.7 Å². The summed E-state index contributed by atoms with van der Waals surface area (Å²) < 4.78 is 32.7. The molecule has 1 N–H and O–H groups in total. The molecule has 3 aromatic rings. The van der Waals surface area contributed by atoms with E-state index in [-0.39, 0.29) is 10.4 Å². The molecule has 0 fully saturated rings. The van der Waals surface area contributed by atoms with Crippen molar-refractivity contribution < 1.29 is 13.0 Å². The van der Waals surface area contributed by atoms with Gasteiger partial charge < -0.3 is 0 Å². The molecule has 1 atom stereocenters. The van der Waals surface area contributed by atoms with Crippen LogP contribution in [0.2, 0.25) is 5.02 Å². The van der Waals surface area contributed by atoms with Crippen LogP contribution >= 0.6 is 11.6 Å². The Bertz CT molecular complexity index is 940. The Labute approximate surface area is 138 Å². The topological polar surface area (TPSA) is 85.1 Å². The lowest BCUT2D eigenvalue weighted by Gasteiger charge is -2.17. The van der Waals surface area contributed by atoms with Crippen LogP contribution in [0.1, 0.15) is 24.9 Å². The summed E-state index contributed by atoms with van der Waals surface area (Å²) in [6, 6.07) is 11.4. The van der Waals surface area contributed by atoms with E-state index >= 15 is 0 Å². The summed E-state index contributed by atoms with van der Waals surface area (Å²) in [6.07, 6.45) is 0.576. The van der Waals surface area contributed by atoms with Crippen molar-refractivity contribution in [3.05, 3.63) is 53.1 Å². The molecule has 0 aliphatic heterocycles. The van der Waals surface area contributed by atoms with Gasteiger partial charge in [-0.05, 0) is 46.6 Å². The summed E-state index contributed by atoms with van der Waals surface area (Å²) >= 11 is 5.99. The van der Waals surface area contributed by atoms with Crippen molar-refractivity contribution in [3.63, 3.8) is 0 Å². The fraction of sp³-hybridized carbons (Fsp3) is 0.200. The summed E-state index contributed by atoms with van der Waals surface area (Å²) in [6.45, 7) is 1.90.